The maximum absolute atomic E-state index is 5.35. The maximum atomic E-state index is 5.35. The minimum atomic E-state index is 0.397. The molecule has 0 spiro atoms. The average Bonchev–Trinajstić information content (AvgIpc) is 2.86. The fourth-order valence-corrected chi connectivity index (χ4v) is 1.54. The summed E-state index contributed by atoms with van der Waals surface area (Å²) >= 11 is 0. The molecule has 2 aromatic heterocycles. The second kappa shape index (κ2) is 4.29. The molecule has 2 aromatic rings. The molecule has 0 aromatic carbocycles. The maximum Gasteiger partial charge on any atom is 0.181 e. The number of hydrogen-bond acceptors (Lipinski definition) is 4. The van der Waals surface area contributed by atoms with Crippen molar-refractivity contribution in [2.45, 2.75) is 32.6 Å². The van der Waals surface area contributed by atoms with Crippen molar-refractivity contribution in [3.63, 3.8) is 0 Å². The molecule has 0 fully saturated rings. The number of nitrogens with zero attached hydrogens (tertiary/aromatic N) is 2. The molecule has 80 valence electrons. The van der Waals surface area contributed by atoms with Crippen molar-refractivity contribution in [1.82, 2.24) is 9.97 Å². The molecule has 4 nitrogen and oxygen atoms in total. The smallest absolute Gasteiger partial charge is 0.181 e. The van der Waals surface area contributed by atoms with Gasteiger partial charge in [-0.1, -0.05) is 13.8 Å². The molecule has 0 unspecified atom stereocenters. The van der Waals surface area contributed by atoms with E-state index in [9.17, 15) is 0 Å². The third-order valence-corrected chi connectivity index (χ3v) is 2.30. The highest BCUT2D eigenvalue weighted by Gasteiger charge is 2.12. The van der Waals surface area contributed by atoms with Crippen LogP contribution >= 0.6 is 0 Å². The molecule has 0 aliphatic rings. The van der Waals surface area contributed by atoms with Crippen molar-refractivity contribution in [1.29, 1.82) is 0 Å². The van der Waals surface area contributed by atoms with Gasteiger partial charge in [0.1, 0.15) is 11.5 Å². The molecule has 0 amide bonds. The Balaban J connectivity index is 2.02. The van der Waals surface area contributed by atoms with Gasteiger partial charge in [0.15, 0.2) is 12.8 Å². The summed E-state index contributed by atoms with van der Waals surface area (Å²) in [5, 5.41) is 0. The summed E-state index contributed by atoms with van der Waals surface area (Å²) in [6.07, 6.45) is 6.28. The van der Waals surface area contributed by atoms with E-state index in [1.54, 1.807) is 6.20 Å². The van der Waals surface area contributed by atoms with E-state index in [1.807, 2.05) is 0 Å². The van der Waals surface area contributed by atoms with Gasteiger partial charge in [0.2, 0.25) is 0 Å². The zero-order valence-electron chi connectivity index (χ0n) is 8.93. The molecule has 0 N–H and O–H groups in total. The van der Waals surface area contributed by atoms with Crippen LogP contribution in [0.3, 0.4) is 0 Å². The van der Waals surface area contributed by atoms with Crippen molar-refractivity contribution in [3.05, 3.63) is 36.2 Å². The third kappa shape index (κ3) is 2.26. The molecular formula is C11H14N2O2. The Bertz CT molecular complexity index is 404. The van der Waals surface area contributed by atoms with E-state index < -0.39 is 0 Å². The minimum absolute atomic E-state index is 0.397. The molecule has 4 heteroatoms. The second-order valence-electron chi connectivity index (χ2n) is 3.78. The van der Waals surface area contributed by atoms with Gasteiger partial charge in [-0.05, 0) is 5.92 Å². The number of aromatic nitrogens is 2. The van der Waals surface area contributed by atoms with Crippen LogP contribution in [0, 0.1) is 0 Å². The molecule has 2 heterocycles. The summed E-state index contributed by atoms with van der Waals surface area (Å²) in [4.78, 5) is 8.07. The molecule has 15 heavy (non-hydrogen) atoms. The summed E-state index contributed by atoms with van der Waals surface area (Å²) in [6.45, 7) is 4.21. The second-order valence-corrected chi connectivity index (χ2v) is 3.78. The first kappa shape index (κ1) is 9.96. The summed E-state index contributed by atoms with van der Waals surface area (Å²) in [7, 11) is 0. The van der Waals surface area contributed by atoms with Crippen LogP contribution in [0.4, 0.5) is 0 Å². The van der Waals surface area contributed by atoms with Crippen LogP contribution in [-0.4, -0.2) is 9.97 Å². The van der Waals surface area contributed by atoms with E-state index in [4.69, 9.17) is 8.83 Å². The molecule has 0 aliphatic heterocycles. The van der Waals surface area contributed by atoms with Crippen molar-refractivity contribution in [2.75, 3.05) is 0 Å². The van der Waals surface area contributed by atoms with E-state index in [0.717, 1.165) is 30.1 Å². The highest BCUT2D eigenvalue weighted by molar-refractivity contribution is 5.12. The van der Waals surface area contributed by atoms with Crippen LogP contribution in [0.5, 0.6) is 0 Å². The molecule has 0 atom stereocenters. The number of oxazole rings is 2. The molecule has 0 radical (unpaired) electrons. The van der Waals surface area contributed by atoms with Gasteiger partial charge in [0, 0.05) is 12.8 Å². The van der Waals surface area contributed by atoms with Crippen molar-refractivity contribution in [3.8, 4) is 0 Å². The Labute approximate surface area is 88.3 Å². The predicted molar refractivity (Wildman–Crippen MR) is 54.5 cm³/mol. The van der Waals surface area contributed by atoms with E-state index in [2.05, 4.69) is 23.8 Å². The zero-order chi connectivity index (χ0) is 10.7. The van der Waals surface area contributed by atoms with Crippen LogP contribution in [0.25, 0.3) is 0 Å². The van der Waals surface area contributed by atoms with Gasteiger partial charge in [-0.3, -0.25) is 0 Å². The van der Waals surface area contributed by atoms with Gasteiger partial charge in [-0.25, -0.2) is 9.97 Å². The van der Waals surface area contributed by atoms with Crippen LogP contribution < -0.4 is 0 Å². The van der Waals surface area contributed by atoms with Gasteiger partial charge in [0.25, 0.3) is 0 Å². The Hall–Kier alpha value is -1.58. The Morgan fingerprint density at radius 1 is 1.20 bits per heavy atom. The standard InChI is InChI=1S/C11H14N2O2/c1-8(2)11-10(15-7-13-11)4-3-9-5-12-6-14-9/h5-8H,3-4H2,1-2H3. The van der Waals surface area contributed by atoms with Gasteiger partial charge in [0.05, 0.1) is 11.9 Å². The summed E-state index contributed by atoms with van der Waals surface area (Å²) in [5.41, 5.74) is 1.04. The van der Waals surface area contributed by atoms with Crippen LogP contribution in [0.15, 0.2) is 27.8 Å². The predicted octanol–water partition coefficient (Wildman–Crippen LogP) is 2.57. The van der Waals surface area contributed by atoms with E-state index in [0.29, 0.717) is 5.92 Å². The quantitative estimate of drug-likeness (QED) is 0.771. The first-order chi connectivity index (χ1) is 7.27. The molecular weight excluding hydrogens is 192 g/mol. The number of hydrogen-bond donors (Lipinski definition) is 0. The third-order valence-electron chi connectivity index (χ3n) is 2.30. The largest absolute Gasteiger partial charge is 0.449 e. The highest BCUT2D eigenvalue weighted by Crippen LogP contribution is 2.19. The van der Waals surface area contributed by atoms with Gasteiger partial charge < -0.3 is 8.83 Å². The lowest BCUT2D eigenvalue weighted by Gasteiger charge is -2.02. The fourth-order valence-electron chi connectivity index (χ4n) is 1.54. The Morgan fingerprint density at radius 3 is 2.73 bits per heavy atom. The lowest BCUT2D eigenvalue weighted by Crippen LogP contribution is -1.96. The van der Waals surface area contributed by atoms with Crippen LogP contribution in [-0.2, 0) is 12.8 Å². The van der Waals surface area contributed by atoms with E-state index in [-0.39, 0.29) is 0 Å². The van der Waals surface area contributed by atoms with E-state index in [1.165, 1.54) is 12.8 Å². The van der Waals surface area contributed by atoms with Crippen molar-refractivity contribution in [2.24, 2.45) is 0 Å². The van der Waals surface area contributed by atoms with Gasteiger partial charge >= 0.3 is 0 Å². The fraction of sp³-hybridized carbons (Fsp3) is 0.455. The molecule has 2 rings (SSSR count). The average molecular weight is 206 g/mol. The first-order valence-corrected chi connectivity index (χ1v) is 5.07. The molecule has 0 saturated heterocycles. The van der Waals surface area contributed by atoms with Crippen LogP contribution in [0.1, 0.15) is 37.0 Å². The monoisotopic (exact) mass is 206 g/mol. The first-order valence-electron chi connectivity index (χ1n) is 5.07. The SMILES string of the molecule is CC(C)c1ncoc1CCc1cnco1. The van der Waals surface area contributed by atoms with E-state index >= 15 is 0 Å². The molecule has 0 saturated carbocycles. The topological polar surface area (TPSA) is 52.1 Å². The van der Waals surface area contributed by atoms with Gasteiger partial charge in [-0.2, -0.15) is 0 Å². The lowest BCUT2D eigenvalue weighted by atomic mass is 10.1. The number of aryl methyl sites for hydroxylation is 2. The minimum Gasteiger partial charge on any atom is -0.449 e. The molecule has 0 bridgehead atoms. The lowest BCUT2D eigenvalue weighted by molar-refractivity contribution is 0.467. The van der Waals surface area contributed by atoms with Crippen molar-refractivity contribution < 1.29 is 8.83 Å². The number of rotatable bonds is 4. The van der Waals surface area contributed by atoms with Crippen molar-refractivity contribution >= 4 is 0 Å². The highest BCUT2D eigenvalue weighted by atomic mass is 16.3. The van der Waals surface area contributed by atoms with Crippen LogP contribution in [0.2, 0.25) is 0 Å². The Morgan fingerprint density at radius 2 is 2.07 bits per heavy atom. The Kier molecular flexibility index (Phi) is 2.85. The summed E-state index contributed by atoms with van der Waals surface area (Å²) < 4.78 is 10.5. The normalized spacial score (nSPS) is 11.1. The molecule has 0 aliphatic carbocycles. The van der Waals surface area contributed by atoms with Gasteiger partial charge in [-0.15, -0.1) is 0 Å². The summed E-state index contributed by atoms with van der Waals surface area (Å²) in [5.74, 6) is 2.22. The zero-order valence-corrected chi connectivity index (χ0v) is 8.93. The summed E-state index contributed by atoms with van der Waals surface area (Å²) in [6, 6.07) is 0.